The van der Waals surface area contributed by atoms with Gasteiger partial charge in [-0.25, -0.2) is 17.6 Å². The fourth-order valence-electron chi connectivity index (χ4n) is 3.25. The normalized spacial score (nSPS) is 14.7. The third-order valence-corrected chi connectivity index (χ3v) is 6.88. The van der Waals surface area contributed by atoms with Crippen molar-refractivity contribution in [2.24, 2.45) is 0 Å². The molecule has 2 amide bonds. The van der Waals surface area contributed by atoms with Gasteiger partial charge < -0.3 is 24.4 Å². The largest absolute Gasteiger partial charge is 0.497 e. The summed E-state index contributed by atoms with van der Waals surface area (Å²) < 4.78 is 56.4. The summed E-state index contributed by atoms with van der Waals surface area (Å²) in [5.41, 5.74) is 0. The Morgan fingerprint density at radius 3 is 2.44 bits per heavy atom. The van der Waals surface area contributed by atoms with Gasteiger partial charge in [0.15, 0.2) is 0 Å². The Morgan fingerprint density at radius 2 is 1.78 bits per heavy atom. The highest BCUT2D eigenvalue weighted by Crippen LogP contribution is 2.31. The third kappa shape index (κ3) is 5.60. The minimum Gasteiger partial charge on any atom is -0.497 e. The van der Waals surface area contributed by atoms with Gasteiger partial charge in [0, 0.05) is 38.3 Å². The molecule has 0 spiro atoms. The smallest absolute Gasteiger partial charge is 0.317 e. The fourth-order valence-corrected chi connectivity index (χ4v) is 4.84. The van der Waals surface area contributed by atoms with E-state index >= 15 is 0 Å². The highest BCUT2D eigenvalue weighted by Gasteiger charge is 2.32. The van der Waals surface area contributed by atoms with E-state index in [0.717, 1.165) is 0 Å². The lowest BCUT2D eigenvalue weighted by atomic mass is 10.3. The maximum absolute atomic E-state index is 13.1. The molecule has 0 radical (unpaired) electrons. The Balaban J connectivity index is 1.51. The molecule has 0 saturated carbocycles. The van der Waals surface area contributed by atoms with E-state index in [1.165, 1.54) is 47.7 Å². The van der Waals surface area contributed by atoms with Crippen molar-refractivity contribution in [2.45, 2.75) is 4.90 Å². The molecule has 0 atom stereocenters. The number of methoxy groups -OCH3 is 2. The van der Waals surface area contributed by atoms with Gasteiger partial charge in [-0.2, -0.15) is 4.31 Å². The number of hydrogen-bond acceptors (Lipinski definition) is 6. The van der Waals surface area contributed by atoms with E-state index < -0.39 is 15.8 Å². The first-order valence-electron chi connectivity index (χ1n) is 9.98. The van der Waals surface area contributed by atoms with E-state index in [1.54, 1.807) is 18.2 Å². The quantitative estimate of drug-likeness (QED) is 0.596. The summed E-state index contributed by atoms with van der Waals surface area (Å²) >= 11 is 0. The van der Waals surface area contributed by atoms with Crippen LogP contribution in [-0.4, -0.2) is 77.2 Å². The summed E-state index contributed by atoms with van der Waals surface area (Å²) in [6.07, 6.45) is 0. The second kappa shape index (κ2) is 10.5. The van der Waals surface area contributed by atoms with Crippen LogP contribution in [0.3, 0.4) is 0 Å². The van der Waals surface area contributed by atoms with E-state index in [-0.39, 0.29) is 56.0 Å². The first-order chi connectivity index (χ1) is 15.3. The van der Waals surface area contributed by atoms with Crippen molar-refractivity contribution >= 4 is 16.1 Å². The first kappa shape index (κ1) is 23.6. The minimum absolute atomic E-state index is 0.0201. The Kier molecular flexibility index (Phi) is 7.75. The monoisotopic (exact) mass is 467 g/mol. The third-order valence-electron chi connectivity index (χ3n) is 4.96. The molecule has 1 aliphatic rings. The average molecular weight is 468 g/mol. The topological polar surface area (TPSA) is 97.4 Å². The van der Waals surface area contributed by atoms with Crippen molar-refractivity contribution in [1.82, 2.24) is 14.5 Å². The van der Waals surface area contributed by atoms with Crippen LogP contribution in [0.4, 0.5) is 9.18 Å². The summed E-state index contributed by atoms with van der Waals surface area (Å²) in [6.45, 7) is 1.18. The molecule has 3 rings (SSSR count). The minimum atomic E-state index is -3.82. The van der Waals surface area contributed by atoms with Gasteiger partial charge in [0.2, 0.25) is 10.0 Å². The highest BCUT2D eigenvalue weighted by molar-refractivity contribution is 7.89. The van der Waals surface area contributed by atoms with Crippen molar-refractivity contribution in [3.8, 4) is 17.2 Å². The van der Waals surface area contributed by atoms with E-state index in [0.29, 0.717) is 11.5 Å². The zero-order chi connectivity index (χ0) is 23.1. The van der Waals surface area contributed by atoms with Gasteiger partial charge in [-0.1, -0.05) is 6.07 Å². The van der Waals surface area contributed by atoms with Gasteiger partial charge in [-0.3, -0.25) is 0 Å². The number of piperazine rings is 1. The Bertz CT molecular complexity index is 1040. The number of nitrogens with one attached hydrogen (secondary N) is 1. The predicted octanol–water partition coefficient (Wildman–Crippen LogP) is 1.94. The van der Waals surface area contributed by atoms with Gasteiger partial charge >= 0.3 is 6.03 Å². The number of carbonyl (C=O) groups excluding carboxylic acids is 1. The van der Waals surface area contributed by atoms with Gasteiger partial charge in [-0.15, -0.1) is 0 Å². The van der Waals surface area contributed by atoms with Crippen molar-refractivity contribution in [2.75, 3.05) is 53.6 Å². The van der Waals surface area contributed by atoms with Gasteiger partial charge in [-0.05, 0) is 24.3 Å². The number of urea groups is 1. The lowest BCUT2D eigenvalue weighted by molar-refractivity contribution is 0.170. The molecular formula is C21H26FN3O6S. The lowest BCUT2D eigenvalue weighted by Crippen LogP contribution is -2.53. The number of nitrogens with zero attached hydrogens (tertiary/aromatic N) is 2. The molecule has 2 aromatic carbocycles. The maximum Gasteiger partial charge on any atom is 0.317 e. The Labute approximate surface area is 186 Å². The highest BCUT2D eigenvalue weighted by atomic mass is 32.2. The fraction of sp³-hybridized carbons (Fsp3) is 0.381. The summed E-state index contributed by atoms with van der Waals surface area (Å²) in [7, 11) is -0.961. The van der Waals surface area contributed by atoms with Crippen molar-refractivity contribution in [3.05, 3.63) is 48.3 Å². The van der Waals surface area contributed by atoms with Crippen LogP contribution in [0.2, 0.25) is 0 Å². The van der Waals surface area contributed by atoms with Crippen LogP contribution in [-0.2, 0) is 10.0 Å². The molecule has 1 saturated heterocycles. The van der Waals surface area contributed by atoms with Crippen molar-refractivity contribution < 1.29 is 31.8 Å². The van der Waals surface area contributed by atoms with E-state index in [9.17, 15) is 17.6 Å². The van der Waals surface area contributed by atoms with Gasteiger partial charge in [0.1, 0.15) is 34.6 Å². The molecular weight excluding hydrogens is 441 g/mol. The van der Waals surface area contributed by atoms with E-state index in [4.69, 9.17) is 14.2 Å². The number of rotatable bonds is 8. The van der Waals surface area contributed by atoms with E-state index in [2.05, 4.69) is 5.32 Å². The van der Waals surface area contributed by atoms with Crippen LogP contribution in [0, 0.1) is 5.82 Å². The number of ether oxygens (including phenoxy) is 3. The van der Waals surface area contributed by atoms with Crippen molar-refractivity contribution in [3.63, 3.8) is 0 Å². The molecule has 32 heavy (non-hydrogen) atoms. The molecule has 1 fully saturated rings. The molecule has 1 N–H and O–H groups in total. The zero-order valence-electron chi connectivity index (χ0n) is 17.9. The van der Waals surface area contributed by atoms with Crippen LogP contribution in [0.25, 0.3) is 0 Å². The molecule has 9 nitrogen and oxygen atoms in total. The average Bonchev–Trinajstić information content (AvgIpc) is 2.81. The molecule has 0 aromatic heterocycles. The number of halogens is 1. The molecule has 0 bridgehead atoms. The molecule has 1 heterocycles. The van der Waals surface area contributed by atoms with Crippen LogP contribution in [0.15, 0.2) is 47.4 Å². The Hall–Kier alpha value is -3.05. The number of benzene rings is 2. The predicted molar refractivity (Wildman–Crippen MR) is 115 cm³/mol. The van der Waals surface area contributed by atoms with Crippen LogP contribution in [0.5, 0.6) is 17.2 Å². The van der Waals surface area contributed by atoms with Crippen LogP contribution >= 0.6 is 0 Å². The molecule has 1 aliphatic heterocycles. The number of amides is 2. The lowest BCUT2D eigenvalue weighted by Gasteiger charge is -2.34. The number of carbonyl (C=O) groups is 1. The number of hydrogen-bond donors (Lipinski definition) is 1. The molecule has 0 aliphatic carbocycles. The van der Waals surface area contributed by atoms with Crippen LogP contribution in [0.1, 0.15) is 0 Å². The standard InChI is InChI=1S/C21H26FN3O6S/c1-29-17-6-7-19(30-2)20(15-17)32(27,28)25-11-9-24(10-12-25)21(26)23-8-13-31-18-5-3-4-16(22)14-18/h3-7,14-15H,8-13H2,1-2H3,(H,23,26). The second-order valence-electron chi connectivity index (χ2n) is 6.95. The SMILES string of the molecule is COc1ccc(OC)c(S(=O)(=O)N2CCN(C(=O)NCCOc3cccc(F)c3)CC2)c1. The Morgan fingerprint density at radius 1 is 1.03 bits per heavy atom. The molecule has 2 aromatic rings. The summed E-state index contributed by atoms with van der Waals surface area (Å²) in [5.74, 6) is 0.615. The number of sulfonamides is 1. The summed E-state index contributed by atoms with van der Waals surface area (Å²) in [6, 6.07) is 10.0. The van der Waals surface area contributed by atoms with Gasteiger partial charge in [0.25, 0.3) is 0 Å². The van der Waals surface area contributed by atoms with Crippen LogP contribution < -0.4 is 19.5 Å². The van der Waals surface area contributed by atoms with E-state index in [1.807, 2.05) is 0 Å². The van der Waals surface area contributed by atoms with Gasteiger partial charge in [0.05, 0.1) is 20.8 Å². The first-order valence-corrected chi connectivity index (χ1v) is 11.4. The molecule has 0 unspecified atom stereocenters. The summed E-state index contributed by atoms with van der Waals surface area (Å²) in [5, 5.41) is 2.72. The maximum atomic E-state index is 13.1. The molecule has 174 valence electrons. The van der Waals surface area contributed by atoms with Crippen molar-refractivity contribution in [1.29, 1.82) is 0 Å². The second-order valence-corrected chi connectivity index (χ2v) is 8.85. The molecule has 11 heteroatoms. The zero-order valence-corrected chi connectivity index (χ0v) is 18.7. The summed E-state index contributed by atoms with van der Waals surface area (Å²) in [4.78, 5) is 13.9.